The minimum atomic E-state index is -0.320. The second-order valence-corrected chi connectivity index (χ2v) is 4.47. The molecule has 0 aliphatic rings. The fraction of sp³-hybridized carbons (Fsp3) is 0.357. The van der Waals surface area contributed by atoms with Crippen molar-refractivity contribution in [3.63, 3.8) is 0 Å². The van der Waals surface area contributed by atoms with Crippen LogP contribution >= 0.6 is 0 Å². The van der Waals surface area contributed by atoms with E-state index in [9.17, 15) is 5.11 Å². The zero-order valence-corrected chi connectivity index (χ0v) is 10.6. The van der Waals surface area contributed by atoms with Crippen LogP contribution in [0, 0.1) is 0 Å². The monoisotopic (exact) mass is 245 g/mol. The second-order valence-electron chi connectivity index (χ2n) is 4.47. The van der Waals surface area contributed by atoms with Crippen LogP contribution in [0.15, 0.2) is 30.3 Å². The lowest BCUT2D eigenvalue weighted by Crippen LogP contribution is -2.19. The van der Waals surface area contributed by atoms with Gasteiger partial charge in [-0.1, -0.05) is 13.3 Å². The van der Waals surface area contributed by atoms with E-state index in [-0.39, 0.29) is 6.10 Å². The highest BCUT2D eigenvalue weighted by atomic mass is 16.3. The fourth-order valence-corrected chi connectivity index (χ4v) is 1.90. The summed E-state index contributed by atoms with van der Waals surface area (Å²) in [6.45, 7) is 2.59. The molecule has 0 amide bonds. The highest BCUT2D eigenvalue weighted by Gasteiger charge is 2.03. The van der Waals surface area contributed by atoms with Crippen LogP contribution in [-0.2, 0) is 0 Å². The lowest BCUT2D eigenvalue weighted by Gasteiger charge is -2.11. The fourth-order valence-electron chi connectivity index (χ4n) is 1.90. The normalized spacial score (nSPS) is 12.6. The molecule has 0 saturated heterocycles. The Morgan fingerprint density at radius 1 is 1.33 bits per heavy atom. The maximum Gasteiger partial charge on any atom is 0.126 e. The van der Waals surface area contributed by atoms with E-state index < -0.39 is 0 Å². The first-order valence-electron chi connectivity index (χ1n) is 6.27. The zero-order chi connectivity index (χ0) is 13.0. The number of nitrogens with one attached hydrogen (secondary N) is 1. The number of aliphatic hydroxyl groups is 1. The number of nitrogens with two attached hydrogens (primary N) is 1. The lowest BCUT2D eigenvalue weighted by atomic mass is 10.2. The van der Waals surface area contributed by atoms with Gasteiger partial charge in [0.25, 0.3) is 0 Å². The third kappa shape index (κ3) is 3.11. The van der Waals surface area contributed by atoms with Crippen LogP contribution < -0.4 is 11.1 Å². The molecule has 0 bridgehead atoms. The van der Waals surface area contributed by atoms with E-state index in [1.165, 1.54) is 0 Å². The predicted molar refractivity (Wildman–Crippen MR) is 75.6 cm³/mol. The van der Waals surface area contributed by atoms with Gasteiger partial charge in [0.1, 0.15) is 5.82 Å². The Morgan fingerprint density at radius 2 is 2.17 bits per heavy atom. The SMILES string of the molecule is CCCC(O)CNc1ccc2cc(N)ccc2n1. The largest absolute Gasteiger partial charge is 0.399 e. The van der Waals surface area contributed by atoms with Gasteiger partial charge >= 0.3 is 0 Å². The zero-order valence-electron chi connectivity index (χ0n) is 10.6. The van der Waals surface area contributed by atoms with Crippen LogP contribution in [-0.4, -0.2) is 22.7 Å². The summed E-state index contributed by atoms with van der Waals surface area (Å²) < 4.78 is 0. The van der Waals surface area contributed by atoms with Gasteiger partial charge in [-0.2, -0.15) is 0 Å². The molecule has 0 aliphatic heterocycles. The van der Waals surface area contributed by atoms with Gasteiger partial charge in [-0.05, 0) is 36.8 Å². The number of nitrogen functional groups attached to an aromatic ring is 1. The Bertz CT molecular complexity index is 527. The van der Waals surface area contributed by atoms with E-state index in [2.05, 4.69) is 17.2 Å². The van der Waals surface area contributed by atoms with Crippen LogP contribution in [0.25, 0.3) is 10.9 Å². The summed E-state index contributed by atoms with van der Waals surface area (Å²) in [6.07, 6.45) is 1.46. The third-order valence-corrected chi connectivity index (χ3v) is 2.85. The van der Waals surface area contributed by atoms with E-state index in [0.29, 0.717) is 6.54 Å². The van der Waals surface area contributed by atoms with Crippen molar-refractivity contribution >= 4 is 22.4 Å². The number of rotatable bonds is 5. The maximum absolute atomic E-state index is 9.65. The van der Waals surface area contributed by atoms with Crippen molar-refractivity contribution < 1.29 is 5.11 Å². The third-order valence-electron chi connectivity index (χ3n) is 2.85. The minimum absolute atomic E-state index is 0.320. The van der Waals surface area contributed by atoms with Gasteiger partial charge in [-0.15, -0.1) is 0 Å². The summed E-state index contributed by atoms with van der Waals surface area (Å²) in [5.74, 6) is 0.780. The molecule has 4 nitrogen and oxygen atoms in total. The van der Waals surface area contributed by atoms with Gasteiger partial charge in [0.15, 0.2) is 0 Å². The Kier molecular flexibility index (Phi) is 3.99. The Morgan fingerprint density at radius 3 is 2.94 bits per heavy atom. The van der Waals surface area contributed by atoms with Gasteiger partial charge in [-0.25, -0.2) is 4.98 Å². The summed E-state index contributed by atoms with van der Waals surface area (Å²) in [5, 5.41) is 13.8. The van der Waals surface area contributed by atoms with Gasteiger partial charge in [-0.3, -0.25) is 0 Å². The molecule has 1 heterocycles. The lowest BCUT2D eigenvalue weighted by molar-refractivity contribution is 0.176. The summed E-state index contributed by atoms with van der Waals surface area (Å²) in [5.41, 5.74) is 7.36. The highest BCUT2D eigenvalue weighted by molar-refractivity contribution is 5.83. The number of benzene rings is 1. The van der Waals surface area contributed by atoms with E-state index in [1.807, 2.05) is 30.3 Å². The van der Waals surface area contributed by atoms with Crippen LogP contribution in [0.4, 0.5) is 11.5 Å². The molecule has 18 heavy (non-hydrogen) atoms. The molecule has 0 fully saturated rings. The number of fused-ring (bicyclic) bond motifs is 1. The number of aliphatic hydroxyl groups excluding tert-OH is 1. The van der Waals surface area contributed by atoms with Crippen LogP contribution in [0.5, 0.6) is 0 Å². The number of hydrogen-bond donors (Lipinski definition) is 3. The molecule has 4 N–H and O–H groups in total. The minimum Gasteiger partial charge on any atom is -0.399 e. The maximum atomic E-state index is 9.65. The quantitative estimate of drug-likeness (QED) is 0.707. The average Bonchev–Trinajstić information content (AvgIpc) is 2.36. The van der Waals surface area contributed by atoms with Crippen molar-refractivity contribution in [3.05, 3.63) is 30.3 Å². The van der Waals surface area contributed by atoms with Crippen LogP contribution in [0.3, 0.4) is 0 Å². The van der Waals surface area contributed by atoms with Crippen molar-refractivity contribution in [2.24, 2.45) is 0 Å². The van der Waals surface area contributed by atoms with E-state index in [1.54, 1.807) is 0 Å². The first-order valence-corrected chi connectivity index (χ1v) is 6.27. The molecule has 2 rings (SSSR count). The van der Waals surface area contributed by atoms with Gasteiger partial charge < -0.3 is 16.2 Å². The van der Waals surface area contributed by atoms with E-state index in [0.717, 1.165) is 35.2 Å². The average molecular weight is 245 g/mol. The van der Waals surface area contributed by atoms with Crippen molar-refractivity contribution in [2.45, 2.75) is 25.9 Å². The number of aromatic nitrogens is 1. The first-order chi connectivity index (χ1) is 8.69. The van der Waals surface area contributed by atoms with Crippen LogP contribution in [0.1, 0.15) is 19.8 Å². The molecule has 1 atom stereocenters. The number of hydrogen-bond acceptors (Lipinski definition) is 4. The molecular weight excluding hydrogens is 226 g/mol. The van der Waals surface area contributed by atoms with E-state index >= 15 is 0 Å². The number of nitrogens with zero attached hydrogens (tertiary/aromatic N) is 1. The molecule has 4 heteroatoms. The molecule has 96 valence electrons. The molecular formula is C14H19N3O. The molecule has 1 aromatic heterocycles. The molecule has 0 spiro atoms. The second kappa shape index (κ2) is 5.69. The summed E-state index contributed by atoms with van der Waals surface area (Å²) in [4.78, 5) is 4.47. The molecule has 0 aliphatic carbocycles. The van der Waals surface area contributed by atoms with E-state index in [4.69, 9.17) is 5.73 Å². The van der Waals surface area contributed by atoms with Gasteiger partial charge in [0.2, 0.25) is 0 Å². The Labute approximate surface area is 107 Å². The summed E-state index contributed by atoms with van der Waals surface area (Å²) >= 11 is 0. The first kappa shape index (κ1) is 12.6. The standard InChI is InChI=1S/C14H19N3O/c1-2-3-12(18)9-16-14-7-4-10-8-11(15)5-6-13(10)17-14/h4-8,12,18H,2-3,9,15H2,1H3,(H,16,17). The highest BCUT2D eigenvalue weighted by Crippen LogP contribution is 2.17. The Hall–Kier alpha value is -1.81. The number of anilines is 2. The molecule has 0 radical (unpaired) electrons. The predicted octanol–water partition coefficient (Wildman–Crippen LogP) is 2.39. The van der Waals surface area contributed by atoms with Crippen molar-refractivity contribution in [1.82, 2.24) is 4.98 Å². The topological polar surface area (TPSA) is 71.2 Å². The summed E-state index contributed by atoms with van der Waals surface area (Å²) in [6, 6.07) is 9.52. The summed E-state index contributed by atoms with van der Waals surface area (Å²) in [7, 11) is 0. The van der Waals surface area contributed by atoms with Crippen molar-refractivity contribution in [3.8, 4) is 0 Å². The molecule has 1 aromatic carbocycles. The van der Waals surface area contributed by atoms with Crippen molar-refractivity contribution in [1.29, 1.82) is 0 Å². The van der Waals surface area contributed by atoms with Gasteiger partial charge in [0, 0.05) is 17.6 Å². The Balaban J connectivity index is 2.08. The van der Waals surface area contributed by atoms with Crippen molar-refractivity contribution in [2.75, 3.05) is 17.6 Å². The molecule has 1 unspecified atom stereocenters. The van der Waals surface area contributed by atoms with Gasteiger partial charge in [0.05, 0.1) is 11.6 Å². The smallest absolute Gasteiger partial charge is 0.126 e. The molecule has 0 saturated carbocycles. The molecule has 2 aromatic rings. The number of pyridine rings is 1. The van der Waals surface area contributed by atoms with Crippen LogP contribution in [0.2, 0.25) is 0 Å².